The maximum absolute atomic E-state index is 12.8. The van der Waals surface area contributed by atoms with Gasteiger partial charge in [-0.25, -0.2) is 4.57 Å². The minimum absolute atomic E-state index is 0.0308. The monoisotopic (exact) mass is 1010 g/mol. The number of ether oxygens (including phenoxy) is 2. The maximum atomic E-state index is 12.8. The van der Waals surface area contributed by atoms with E-state index in [4.69, 9.17) is 18.5 Å². The highest BCUT2D eigenvalue weighted by Crippen LogP contribution is 2.43. The van der Waals surface area contributed by atoms with Crippen molar-refractivity contribution in [2.24, 2.45) is 0 Å². The average molecular weight is 1010 g/mol. The van der Waals surface area contributed by atoms with Crippen molar-refractivity contribution in [2.45, 2.75) is 277 Å². The van der Waals surface area contributed by atoms with E-state index in [1.165, 1.54) is 173 Å². The Morgan fingerprint density at radius 2 is 0.771 bits per heavy atom. The molecule has 0 bridgehead atoms. The molecule has 0 aromatic heterocycles. The summed E-state index contributed by atoms with van der Waals surface area (Å²) in [6.45, 7) is 4.43. The highest BCUT2D eigenvalue weighted by Gasteiger charge is 2.27. The smallest absolute Gasteiger partial charge is 0.462 e. The Kier molecular flexibility index (Phi) is 50.4. The normalized spacial score (nSPS) is 13.6. The Morgan fingerprint density at radius 3 is 1.16 bits per heavy atom. The van der Waals surface area contributed by atoms with E-state index < -0.39 is 26.5 Å². The zero-order valence-corrected chi connectivity index (χ0v) is 47.4. The number of carbonyl (C=O) groups is 2. The molecular weight excluding hydrogens is 894 g/mol. The molecule has 0 aliphatic rings. The lowest BCUT2D eigenvalue weighted by molar-refractivity contribution is -0.870. The van der Waals surface area contributed by atoms with Gasteiger partial charge in [0.25, 0.3) is 0 Å². The van der Waals surface area contributed by atoms with E-state index in [0.717, 1.165) is 64.2 Å². The van der Waals surface area contributed by atoms with E-state index in [9.17, 15) is 19.0 Å². The van der Waals surface area contributed by atoms with Gasteiger partial charge in [-0.1, -0.05) is 229 Å². The first-order valence-corrected chi connectivity index (χ1v) is 30.9. The fourth-order valence-corrected chi connectivity index (χ4v) is 9.00. The van der Waals surface area contributed by atoms with Gasteiger partial charge < -0.3 is 18.9 Å². The number of hydrogen-bond donors (Lipinski definition) is 1. The summed E-state index contributed by atoms with van der Waals surface area (Å²) >= 11 is 0. The predicted molar refractivity (Wildman–Crippen MR) is 298 cm³/mol. The van der Waals surface area contributed by atoms with Gasteiger partial charge in [0.05, 0.1) is 27.7 Å². The second-order valence-electron chi connectivity index (χ2n) is 21.0. The third-order valence-electron chi connectivity index (χ3n) is 12.8. The molecule has 0 saturated heterocycles. The summed E-state index contributed by atoms with van der Waals surface area (Å²) in [5, 5.41) is 0. The first-order valence-electron chi connectivity index (χ1n) is 29.4. The van der Waals surface area contributed by atoms with E-state index >= 15 is 0 Å². The number of phosphoric acid groups is 1. The number of phosphoric ester groups is 1. The molecule has 2 atom stereocenters. The lowest BCUT2D eigenvalue weighted by Crippen LogP contribution is -2.37. The van der Waals surface area contributed by atoms with Crippen LogP contribution in [-0.4, -0.2) is 74.9 Å². The molecule has 2 unspecified atom stereocenters. The van der Waals surface area contributed by atoms with Gasteiger partial charge in [0.1, 0.15) is 19.8 Å². The Morgan fingerprint density at radius 1 is 0.443 bits per heavy atom. The van der Waals surface area contributed by atoms with Gasteiger partial charge in [-0.3, -0.25) is 18.6 Å². The second-order valence-corrected chi connectivity index (χ2v) is 22.5. The predicted octanol–water partition coefficient (Wildman–Crippen LogP) is 18.1. The van der Waals surface area contributed by atoms with Crippen molar-refractivity contribution in [1.82, 2.24) is 0 Å². The zero-order valence-electron chi connectivity index (χ0n) is 46.5. The minimum atomic E-state index is -4.38. The topological polar surface area (TPSA) is 108 Å². The van der Waals surface area contributed by atoms with Gasteiger partial charge in [-0.05, 0) is 77.0 Å². The SMILES string of the molecule is CCCCCCC/C=C\C/C=C\C/C=C\CCCCCCCCCCCCCCCCCCC(=O)OC(COC(=O)CCCCCCC/C=C\CCCCCCCC)COP(=O)(O)OCC[N+](C)(C)C. The van der Waals surface area contributed by atoms with Gasteiger partial charge in [0.15, 0.2) is 6.10 Å². The molecule has 0 saturated carbocycles. The quantitative estimate of drug-likeness (QED) is 0.0211. The Balaban J connectivity index is 4.07. The highest BCUT2D eigenvalue weighted by molar-refractivity contribution is 7.47. The van der Waals surface area contributed by atoms with Crippen molar-refractivity contribution in [3.8, 4) is 0 Å². The van der Waals surface area contributed by atoms with Crippen LogP contribution >= 0.6 is 7.82 Å². The number of esters is 2. The van der Waals surface area contributed by atoms with Crippen LogP contribution in [-0.2, 0) is 32.7 Å². The second kappa shape index (κ2) is 51.9. The molecule has 10 heteroatoms. The van der Waals surface area contributed by atoms with Crippen LogP contribution < -0.4 is 0 Å². The van der Waals surface area contributed by atoms with Gasteiger partial charge in [-0.2, -0.15) is 0 Å². The Bertz CT molecular complexity index is 1320. The molecule has 9 nitrogen and oxygen atoms in total. The molecule has 70 heavy (non-hydrogen) atoms. The first kappa shape index (κ1) is 68.0. The number of carbonyl (C=O) groups excluding carboxylic acids is 2. The molecule has 0 amide bonds. The number of likely N-dealkylation sites (N-methyl/N-ethyl adjacent to an activating group) is 1. The Hall–Kier alpha value is -2.03. The van der Waals surface area contributed by atoms with Crippen LogP contribution in [0.15, 0.2) is 48.6 Å². The van der Waals surface area contributed by atoms with Crippen LogP contribution in [0.5, 0.6) is 0 Å². The molecule has 410 valence electrons. The maximum Gasteiger partial charge on any atom is 0.472 e. The van der Waals surface area contributed by atoms with Crippen LogP contribution in [0.4, 0.5) is 0 Å². The lowest BCUT2D eigenvalue weighted by atomic mass is 10.0. The first-order chi connectivity index (χ1) is 34.0. The molecule has 0 radical (unpaired) electrons. The fourth-order valence-electron chi connectivity index (χ4n) is 8.25. The van der Waals surface area contributed by atoms with E-state index in [0.29, 0.717) is 17.4 Å². The largest absolute Gasteiger partial charge is 0.472 e. The van der Waals surface area contributed by atoms with Gasteiger partial charge in [0.2, 0.25) is 0 Å². The molecule has 1 N–H and O–H groups in total. The third-order valence-corrected chi connectivity index (χ3v) is 13.8. The van der Waals surface area contributed by atoms with Crippen LogP contribution in [0.2, 0.25) is 0 Å². The minimum Gasteiger partial charge on any atom is -0.462 e. The van der Waals surface area contributed by atoms with E-state index in [-0.39, 0.29) is 32.0 Å². The number of unbranched alkanes of at least 4 members (excludes halogenated alkanes) is 32. The average Bonchev–Trinajstić information content (AvgIpc) is 3.32. The Labute approximate surface area is 433 Å². The molecule has 0 aromatic rings. The van der Waals surface area contributed by atoms with E-state index in [1.54, 1.807) is 0 Å². The third kappa shape index (κ3) is 55.3. The van der Waals surface area contributed by atoms with Crippen molar-refractivity contribution in [3.05, 3.63) is 48.6 Å². The molecule has 0 aromatic carbocycles. The van der Waals surface area contributed by atoms with Crippen LogP contribution in [0.1, 0.15) is 271 Å². The summed E-state index contributed by atoms with van der Waals surface area (Å²) in [7, 11) is 1.48. The van der Waals surface area contributed by atoms with E-state index in [1.807, 2.05) is 21.1 Å². The van der Waals surface area contributed by atoms with Crippen LogP contribution in [0.3, 0.4) is 0 Å². The summed E-state index contributed by atoms with van der Waals surface area (Å²) < 4.78 is 34.5. The summed E-state index contributed by atoms with van der Waals surface area (Å²) in [4.78, 5) is 35.6. The summed E-state index contributed by atoms with van der Waals surface area (Å²) in [5.74, 6) is -0.799. The standard InChI is InChI=1S/C60H112NO8P/c1-6-8-10-12-14-16-18-20-22-23-24-25-26-27-28-29-30-31-32-33-34-35-36-37-39-41-43-45-47-49-51-53-60(63)69-58(57-68-70(64,65)67-55-54-61(3,4)5)56-66-59(62)52-50-48-46-44-42-40-38-21-19-17-15-13-11-9-7-2/h18,20-21,23-24,26-27,38,58H,6-17,19,22,25,28-37,39-57H2,1-5H3/p+1/b20-18-,24-23-,27-26-,38-21-. The van der Waals surface area contributed by atoms with Crippen LogP contribution in [0, 0.1) is 0 Å². The van der Waals surface area contributed by atoms with Crippen molar-refractivity contribution in [3.63, 3.8) is 0 Å². The molecular formula is C60H113NO8P+. The molecule has 0 rings (SSSR count). The molecule has 0 spiro atoms. The fraction of sp³-hybridized carbons (Fsp3) is 0.833. The summed E-state index contributed by atoms with van der Waals surface area (Å²) in [5.41, 5.74) is 0. The molecule has 0 heterocycles. The van der Waals surface area contributed by atoms with Gasteiger partial charge in [-0.15, -0.1) is 0 Å². The van der Waals surface area contributed by atoms with Crippen LogP contribution in [0.25, 0.3) is 0 Å². The summed E-state index contributed by atoms with van der Waals surface area (Å²) in [6.07, 6.45) is 64.7. The number of nitrogens with zero attached hydrogens (tertiary/aromatic N) is 1. The lowest BCUT2D eigenvalue weighted by Gasteiger charge is -2.24. The highest BCUT2D eigenvalue weighted by atomic mass is 31.2. The number of hydrogen-bond acceptors (Lipinski definition) is 7. The zero-order chi connectivity index (χ0) is 51.3. The molecule has 0 aliphatic heterocycles. The van der Waals surface area contributed by atoms with Crippen molar-refractivity contribution >= 4 is 19.8 Å². The number of rotatable bonds is 54. The summed E-state index contributed by atoms with van der Waals surface area (Å²) in [6, 6.07) is 0. The molecule has 0 aliphatic carbocycles. The number of allylic oxidation sites excluding steroid dienone is 8. The van der Waals surface area contributed by atoms with E-state index in [2.05, 4.69) is 62.5 Å². The van der Waals surface area contributed by atoms with Gasteiger partial charge >= 0.3 is 19.8 Å². The molecule has 0 fully saturated rings. The van der Waals surface area contributed by atoms with Gasteiger partial charge in [0, 0.05) is 12.8 Å². The van der Waals surface area contributed by atoms with Crippen molar-refractivity contribution in [2.75, 3.05) is 47.5 Å². The van der Waals surface area contributed by atoms with Crippen molar-refractivity contribution in [1.29, 1.82) is 0 Å². The number of quaternary nitrogens is 1. The van der Waals surface area contributed by atoms with Crippen molar-refractivity contribution < 1.29 is 42.1 Å².